The van der Waals surface area contributed by atoms with Crippen LogP contribution in [0.1, 0.15) is 6.42 Å². The molecule has 0 bridgehead atoms. The van der Waals surface area contributed by atoms with Gasteiger partial charge in [0.15, 0.2) is 0 Å². The van der Waals surface area contributed by atoms with Crippen molar-refractivity contribution in [3.05, 3.63) is 12.2 Å². The molecule has 0 aromatic rings. The molecule has 0 saturated heterocycles. The maximum Gasteiger partial charge on any atom is 0.319 e. The van der Waals surface area contributed by atoms with E-state index in [1.54, 1.807) is 7.11 Å². The second-order valence-corrected chi connectivity index (χ2v) is 3.53. The highest BCUT2D eigenvalue weighted by Gasteiger charge is 2.17. The summed E-state index contributed by atoms with van der Waals surface area (Å²) in [5.74, 6) is 0. The summed E-state index contributed by atoms with van der Waals surface area (Å²) < 4.78 is 29.1. The average molecular weight is 258 g/mol. The number of ether oxygens (including phenoxy) is 1. The van der Waals surface area contributed by atoms with Gasteiger partial charge in [-0.2, -0.15) is 8.78 Å². The van der Waals surface area contributed by atoms with Gasteiger partial charge in [0.1, 0.15) is 0 Å². The number of nitrogens with one attached hydrogen (secondary N) is 1. The summed E-state index contributed by atoms with van der Waals surface area (Å²) in [7, 11) is 1.62. The fourth-order valence-corrected chi connectivity index (χ4v) is 0.889. The van der Waals surface area contributed by atoms with Gasteiger partial charge in [0, 0.05) is 13.7 Å². The van der Waals surface area contributed by atoms with Crippen LogP contribution in [0.4, 0.5) is 8.78 Å². The van der Waals surface area contributed by atoms with Crippen molar-refractivity contribution in [2.24, 2.45) is 0 Å². The standard InChI is InChI=1S/C8H14BrF2NO/c1-13-7-6-12-5-3-2-4-8(9,10)11/h2,4,12H,3,5-7H2,1H3/b4-2+. The van der Waals surface area contributed by atoms with E-state index in [1.165, 1.54) is 6.08 Å². The molecule has 0 unspecified atom stereocenters. The van der Waals surface area contributed by atoms with E-state index in [-0.39, 0.29) is 0 Å². The lowest BCUT2D eigenvalue weighted by Gasteiger charge is -2.02. The monoisotopic (exact) mass is 257 g/mol. The van der Waals surface area contributed by atoms with Crippen LogP contribution in [0.5, 0.6) is 0 Å². The Morgan fingerprint density at radius 1 is 1.46 bits per heavy atom. The van der Waals surface area contributed by atoms with Gasteiger partial charge in [-0.15, -0.1) is 0 Å². The summed E-state index contributed by atoms with van der Waals surface area (Å²) in [4.78, 5) is -2.88. The SMILES string of the molecule is COCCNCC/C=C/C(F)(F)Br. The van der Waals surface area contributed by atoms with Gasteiger partial charge < -0.3 is 10.1 Å². The first-order chi connectivity index (χ1) is 6.06. The minimum Gasteiger partial charge on any atom is -0.383 e. The Labute approximate surface area is 85.5 Å². The zero-order valence-corrected chi connectivity index (χ0v) is 9.11. The van der Waals surface area contributed by atoms with Crippen LogP contribution in [-0.2, 0) is 4.74 Å². The molecule has 13 heavy (non-hydrogen) atoms. The van der Waals surface area contributed by atoms with Gasteiger partial charge in [-0.3, -0.25) is 0 Å². The molecule has 0 aromatic heterocycles. The Morgan fingerprint density at radius 3 is 2.69 bits per heavy atom. The van der Waals surface area contributed by atoms with Crippen molar-refractivity contribution in [3.63, 3.8) is 0 Å². The fourth-order valence-electron chi connectivity index (χ4n) is 0.702. The Kier molecular flexibility index (Phi) is 7.41. The van der Waals surface area contributed by atoms with Crippen molar-refractivity contribution in [3.8, 4) is 0 Å². The third kappa shape index (κ3) is 12.0. The summed E-state index contributed by atoms with van der Waals surface area (Å²) in [6.07, 6.45) is 2.87. The first-order valence-corrected chi connectivity index (χ1v) is 4.79. The molecule has 0 atom stereocenters. The molecule has 0 heterocycles. The molecular formula is C8H14BrF2NO. The van der Waals surface area contributed by atoms with Crippen LogP contribution in [0.25, 0.3) is 0 Å². The fraction of sp³-hybridized carbons (Fsp3) is 0.750. The Morgan fingerprint density at radius 2 is 2.15 bits per heavy atom. The molecule has 0 aliphatic carbocycles. The molecule has 2 nitrogen and oxygen atoms in total. The first kappa shape index (κ1) is 13.0. The summed E-state index contributed by atoms with van der Waals surface area (Å²) in [6, 6.07) is 0. The second kappa shape index (κ2) is 7.41. The van der Waals surface area contributed by atoms with Crippen LogP contribution in [0, 0.1) is 0 Å². The van der Waals surface area contributed by atoms with Gasteiger partial charge >= 0.3 is 4.83 Å². The molecule has 5 heteroatoms. The highest BCUT2D eigenvalue weighted by molar-refractivity contribution is 9.10. The smallest absolute Gasteiger partial charge is 0.319 e. The van der Waals surface area contributed by atoms with Crippen LogP contribution in [-0.4, -0.2) is 31.6 Å². The lowest BCUT2D eigenvalue weighted by Crippen LogP contribution is -2.19. The van der Waals surface area contributed by atoms with E-state index in [4.69, 9.17) is 4.74 Å². The quantitative estimate of drug-likeness (QED) is 0.429. The van der Waals surface area contributed by atoms with E-state index >= 15 is 0 Å². The third-order valence-electron chi connectivity index (χ3n) is 1.28. The van der Waals surface area contributed by atoms with Gasteiger partial charge in [-0.05, 0) is 35.0 Å². The molecule has 0 radical (unpaired) electrons. The van der Waals surface area contributed by atoms with Gasteiger partial charge in [0.05, 0.1) is 6.61 Å². The van der Waals surface area contributed by atoms with Crippen LogP contribution in [0.15, 0.2) is 12.2 Å². The number of halogens is 3. The van der Waals surface area contributed by atoms with Crippen molar-refractivity contribution < 1.29 is 13.5 Å². The van der Waals surface area contributed by atoms with E-state index < -0.39 is 4.83 Å². The summed E-state index contributed by atoms with van der Waals surface area (Å²) in [6.45, 7) is 2.07. The van der Waals surface area contributed by atoms with Gasteiger partial charge in [-0.1, -0.05) is 6.08 Å². The first-order valence-electron chi connectivity index (χ1n) is 4.00. The predicted octanol–water partition coefficient (Wildman–Crippen LogP) is 2.16. The summed E-state index contributed by atoms with van der Waals surface area (Å²) in [5.41, 5.74) is 0. The molecule has 78 valence electrons. The van der Waals surface area contributed by atoms with E-state index in [1.807, 2.05) is 0 Å². The molecule has 0 fully saturated rings. The minimum atomic E-state index is -2.88. The number of methoxy groups -OCH3 is 1. The summed E-state index contributed by atoms with van der Waals surface area (Å²) >= 11 is 2.21. The van der Waals surface area contributed by atoms with E-state index in [2.05, 4.69) is 21.2 Å². The maximum atomic E-state index is 12.1. The number of hydrogen-bond acceptors (Lipinski definition) is 2. The van der Waals surface area contributed by atoms with E-state index in [0.29, 0.717) is 19.6 Å². The lowest BCUT2D eigenvalue weighted by atomic mass is 10.4. The highest BCUT2D eigenvalue weighted by atomic mass is 79.9. The van der Waals surface area contributed by atoms with Crippen molar-refractivity contribution in [2.45, 2.75) is 11.3 Å². The van der Waals surface area contributed by atoms with E-state index in [0.717, 1.165) is 12.6 Å². The topological polar surface area (TPSA) is 21.3 Å². The van der Waals surface area contributed by atoms with Gasteiger partial charge in [0.2, 0.25) is 0 Å². The largest absolute Gasteiger partial charge is 0.383 e. The van der Waals surface area contributed by atoms with Crippen LogP contribution >= 0.6 is 15.9 Å². The number of allylic oxidation sites excluding steroid dienone is 1. The Hall–Kier alpha value is -0.0000000000000000555. The summed E-state index contributed by atoms with van der Waals surface area (Å²) in [5, 5.41) is 3.04. The number of hydrogen-bond donors (Lipinski definition) is 1. The zero-order valence-electron chi connectivity index (χ0n) is 7.53. The van der Waals surface area contributed by atoms with Crippen molar-refractivity contribution in [1.82, 2.24) is 5.32 Å². The molecule has 0 aromatic carbocycles. The number of rotatable bonds is 7. The van der Waals surface area contributed by atoms with Crippen LogP contribution in [0.3, 0.4) is 0 Å². The van der Waals surface area contributed by atoms with Crippen LogP contribution in [0.2, 0.25) is 0 Å². The lowest BCUT2D eigenvalue weighted by molar-refractivity contribution is 0.171. The zero-order chi connectivity index (χ0) is 10.2. The van der Waals surface area contributed by atoms with Gasteiger partial charge in [-0.25, -0.2) is 0 Å². The number of alkyl halides is 3. The molecular weight excluding hydrogens is 244 g/mol. The minimum absolute atomic E-state index is 0.588. The van der Waals surface area contributed by atoms with Crippen molar-refractivity contribution in [1.29, 1.82) is 0 Å². The normalized spacial score (nSPS) is 12.6. The molecule has 0 saturated carbocycles. The predicted molar refractivity (Wildman–Crippen MR) is 52.4 cm³/mol. The Bertz CT molecular complexity index is 148. The third-order valence-corrected chi connectivity index (χ3v) is 1.54. The molecule has 0 amide bonds. The molecule has 0 spiro atoms. The Balaban J connectivity index is 3.21. The molecule has 0 aliphatic heterocycles. The second-order valence-electron chi connectivity index (χ2n) is 2.48. The van der Waals surface area contributed by atoms with Crippen molar-refractivity contribution in [2.75, 3.05) is 26.8 Å². The van der Waals surface area contributed by atoms with E-state index in [9.17, 15) is 8.78 Å². The maximum absolute atomic E-state index is 12.1. The average Bonchev–Trinajstić information content (AvgIpc) is 2.01. The molecule has 1 N–H and O–H groups in total. The van der Waals surface area contributed by atoms with Crippen LogP contribution < -0.4 is 5.32 Å². The molecule has 0 aliphatic rings. The van der Waals surface area contributed by atoms with Gasteiger partial charge in [0.25, 0.3) is 0 Å². The highest BCUT2D eigenvalue weighted by Crippen LogP contribution is 2.22. The molecule has 0 rings (SSSR count). The van der Waals surface area contributed by atoms with Crippen molar-refractivity contribution >= 4 is 15.9 Å².